The fourth-order valence-corrected chi connectivity index (χ4v) is 1.69. The van der Waals surface area contributed by atoms with E-state index >= 15 is 0 Å². The van der Waals surface area contributed by atoms with Crippen molar-refractivity contribution in [3.63, 3.8) is 0 Å². The van der Waals surface area contributed by atoms with Crippen LogP contribution in [0.3, 0.4) is 0 Å². The summed E-state index contributed by atoms with van der Waals surface area (Å²) in [5.41, 5.74) is 2.34. The Morgan fingerprint density at radius 1 is 1.41 bits per heavy atom. The molecule has 4 heteroatoms. The molecule has 1 N–H and O–H groups in total. The molecule has 0 radical (unpaired) electrons. The largest absolute Gasteiger partial charge is 0.385 e. The summed E-state index contributed by atoms with van der Waals surface area (Å²) in [6.45, 7) is 3.62. The van der Waals surface area contributed by atoms with Crippen LogP contribution in [-0.2, 0) is 17.8 Å². The van der Waals surface area contributed by atoms with Crippen LogP contribution in [0.15, 0.2) is 18.3 Å². The smallest absolute Gasteiger partial charge is 0.0544 e. The molecule has 1 rings (SSSR count). The summed E-state index contributed by atoms with van der Waals surface area (Å²) >= 11 is 0. The highest BCUT2D eigenvalue weighted by Crippen LogP contribution is 2.03. The summed E-state index contributed by atoms with van der Waals surface area (Å²) < 4.78 is 5.04. The maximum absolute atomic E-state index is 5.04. The zero-order valence-electron chi connectivity index (χ0n) is 11.1. The molecular weight excluding hydrogens is 214 g/mol. The minimum absolute atomic E-state index is 0.818. The highest BCUT2D eigenvalue weighted by atomic mass is 16.5. The van der Waals surface area contributed by atoms with E-state index in [1.165, 1.54) is 5.56 Å². The van der Waals surface area contributed by atoms with Gasteiger partial charge in [0.1, 0.15) is 0 Å². The zero-order chi connectivity index (χ0) is 12.5. The Labute approximate surface area is 104 Å². The van der Waals surface area contributed by atoms with Crippen molar-refractivity contribution in [2.45, 2.75) is 19.5 Å². The molecular formula is C13H23N3O. The quantitative estimate of drug-likeness (QED) is 0.691. The van der Waals surface area contributed by atoms with E-state index in [4.69, 9.17) is 4.74 Å². The lowest BCUT2D eigenvalue weighted by molar-refractivity contribution is 0.178. The SMILES string of the molecule is CNCc1ccc(CN(C)CCCOC)nc1. The van der Waals surface area contributed by atoms with Gasteiger partial charge >= 0.3 is 0 Å². The number of ether oxygens (including phenoxy) is 1. The molecule has 0 aliphatic rings. The van der Waals surface area contributed by atoms with Gasteiger partial charge in [0.05, 0.1) is 5.69 Å². The van der Waals surface area contributed by atoms with Crippen LogP contribution >= 0.6 is 0 Å². The minimum Gasteiger partial charge on any atom is -0.385 e. The van der Waals surface area contributed by atoms with Crippen LogP contribution < -0.4 is 5.32 Å². The summed E-state index contributed by atoms with van der Waals surface area (Å²) in [7, 11) is 5.79. The van der Waals surface area contributed by atoms with Crippen LogP contribution in [0, 0.1) is 0 Å². The van der Waals surface area contributed by atoms with E-state index in [-0.39, 0.29) is 0 Å². The third-order valence-corrected chi connectivity index (χ3v) is 2.59. The first-order valence-corrected chi connectivity index (χ1v) is 6.02. The van der Waals surface area contributed by atoms with Gasteiger partial charge in [-0.05, 0) is 32.1 Å². The van der Waals surface area contributed by atoms with Gasteiger partial charge in [-0.3, -0.25) is 4.98 Å². The van der Waals surface area contributed by atoms with Gasteiger partial charge in [0.2, 0.25) is 0 Å². The molecule has 0 aliphatic carbocycles. The first-order chi connectivity index (χ1) is 8.26. The molecule has 0 unspecified atom stereocenters. The van der Waals surface area contributed by atoms with E-state index in [0.29, 0.717) is 0 Å². The predicted octanol–water partition coefficient (Wildman–Crippen LogP) is 1.27. The summed E-state index contributed by atoms with van der Waals surface area (Å²) in [5, 5.41) is 3.11. The Morgan fingerprint density at radius 3 is 2.82 bits per heavy atom. The van der Waals surface area contributed by atoms with Crippen LogP contribution in [0.5, 0.6) is 0 Å². The fourth-order valence-electron chi connectivity index (χ4n) is 1.69. The van der Waals surface area contributed by atoms with Crippen molar-refractivity contribution in [3.05, 3.63) is 29.6 Å². The van der Waals surface area contributed by atoms with E-state index in [1.807, 2.05) is 13.2 Å². The fraction of sp³-hybridized carbons (Fsp3) is 0.615. The predicted molar refractivity (Wildman–Crippen MR) is 69.8 cm³/mol. The molecule has 0 saturated carbocycles. The molecule has 0 bridgehead atoms. The maximum Gasteiger partial charge on any atom is 0.0544 e. The summed E-state index contributed by atoms with van der Waals surface area (Å²) in [5.74, 6) is 0. The molecule has 0 spiro atoms. The number of hydrogen-bond donors (Lipinski definition) is 1. The normalized spacial score (nSPS) is 11.1. The molecule has 0 amide bonds. The maximum atomic E-state index is 5.04. The molecule has 0 saturated heterocycles. The van der Waals surface area contributed by atoms with Gasteiger partial charge in [-0.2, -0.15) is 0 Å². The van der Waals surface area contributed by atoms with Gasteiger partial charge in [-0.15, -0.1) is 0 Å². The van der Waals surface area contributed by atoms with Crippen molar-refractivity contribution >= 4 is 0 Å². The van der Waals surface area contributed by atoms with Crippen molar-refractivity contribution < 1.29 is 4.74 Å². The van der Waals surface area contributed by atoms with Crippen molar-refractivity contribution in [1.82, 2.24) is 15.2 Å². The zero-order valence-corrected chi connectivity index (χ0v) is 11.1. The van der Waals surface area contributed by atoms with Gasteiger partial charge in [-0.25, -0.2) is 0 Å². The van der Waals surface area contributed by atoms with Crippen LogP contribution in [0.25, 0.3) is 0 Å². The Bertz CT molecular complexity index is 300. The molecule has 0 fully saturated rings. The highest BCUT2D eigenvalue weighted by Gasteiger charge is 2.01. The van der Waals surface area contributed by atoms with Gasteiger partial charge in [0.25, 0.3) is 0 Å². The average Bonchev–Trinajstić information content (AvgIpc) is 2.32. The minimum atomic E-state index is 0.818. The molecule has 96 valence electrons. The highest BCUT2D eigenvalue weighted by molar-refractivity contribution is 5.13. The van der Waals surface area contributed by atoms with Crippen molar-refractivity contribution in [1.29, 1.82) is 0 Å². The molecule has 1 aromatic rings. The Hall–Kier alpha value is -0.970. The topological polar surface area (TPSA) is 37.4 Å². The van der Waals surface area contributed by atoms with Crippen molar-refractivity contribution in [2.24, 2.45) is 0 Å². The molecule has 4 nitrogen and oxygen atoms in total. The number of methoxy groups -OCH3 is 1. The number of nitrogens with one attached hydrogen (secondary N) is 1. The Balaban J connectivity index is 2.34. The number of aromatic nitrogens is 1. The molecule has 1 heterocycles. The summed E-state index contributed by atoms with van der Waals surface area (Å²) in [6, 6.07) is 4.22. The van der Waals surface area contributed by atoms with E-state index in [1.54, 1.807) is 7.11 Å². The lowest BCUT2D eigenvalue weighted by Gasteiger charge is -2.15. The van der Waals surface area contributed by atoms with Gasteiger partial charge in [-0.1, -0.05) is 6.07 Å². The van der Waals surface area contributed by atoms with Gasteiger partial charge < -0.3 is 15.0 Å². The van der Waals surface area contributed by atoms with Crippen LogP contribution in [-0.4, -0.2) is 44.2 Å². The molecule has 17 heavy (non-hydrogen) atoms. The first kappa shape index (κ1) is 14.1. The number of rotatable bonds is 8. The lowest BCUT2D eigenvalue weighted by atomic mass is 10.2. The monoisotopic (exact) mass is 237 g/mol. The Kier molecular flexibility index (Phi) is 6.77. The number of hydrogen-bond acceptors (Lipinski definition) is 4. The second-order valence-corrected chi connectivity index (χ2v) is 4.27. The van der Waals surface area contributed by atoms with E-state index in [9.17, 15) is 0 Å². The second-order valence-electron chi connectivity index (χ2n) is 4.27. The second kappa shape index (κ2) is 8.17. The standard InChI is InChI=1S/C13H23N3O/c1-14-9-12-5-6-13(15-10-12)11-16(2)7-4-8-17-3/h5-6,10,14H,4,7-9,11H2,1-3H3. The van der Waals surface area contributed by atoms with E-state index in [2.05, 4.69) is 34.4 Å². The van der Waals surface area contributed by atoms with E-state index in [0.717, 1.165) is 38.4 Å². The first-order valence-electron chi connectivity index (χ1n) is 6.02. The number of nitrogens with zero attached hydrogens (tertiary/aromatic N) is 2. The van der Waals surface area contributed by atoms with Crippen LogP contribution in [0.2, 0.25) is 0 Å². The third kappa shape index (κ3) is 5.77. The molecule has 0 aliphatic heterocycles. The third-order valence-electron chi connectivity index (χ3n) is 2.59. The van der Waals surface area contributed by atoms with Crippen molar-refractivity contribution in [2.75, 3.05) is 34.4 Å². The molecule has 0 atom stereocenters. The molecule has 1 aromatic heterocycles. The average molecular weight is 237 g/mol. The summed E-state index contributed by atoms with van der Waals surface area (Å²) in [4.78, 5) is 6.72. The summed E-state index contributed by atoms with van der Waals surface area (Å²) in [6.07, 6.45) is 3.00. The van der Waals surface area contributed by atoms with Gasteiger partial charge in [0, 0.05) is 39.5 Å². The molecule has 0 aromatic carbocycles. The van der Waals surface area contributed by atoms with Crippen molar-refractivity contribution in [3.8, 4) is 0 Å². The number of pyridine rings is 1. The lowest BCUT2D eigenvalue weighted by Crippen LogP contribution is -2.20. The van der Waals surface area contributed by atoms with Crippen LogP contribution in [0.1, 0.15) is 17.7 Å². The van der Waals surface area contributed by atoms with Crippen LogP contribution in [0.4, 0.5) is 0 Å². The van der Waals surface area contributed by atoms with E-state index < -0.39 is 0 Å². The Morgan fingerprint density at radius 2 is 2.24 bits per heavy atom. The van der Waals surface area contributed by atoms with Gasteiger partial charge in [0.15, 0.2) is 0 Å².